The van der Waals surface area contributed by atoms with Crippen LogP contribution in [0.5, 0.6) is 0 Å². The van der Waals surface area contributed by atoms with E-state index in [4.69, 9.17) is 4.42 Å². The maximum absolute atomic E-state index is 11.8. The highest BCUT2D eigenvalue weighted by Gasteiger charge is 2.19. The number of hydrogen-bond donors (Lipinski definition) is 1. The zero-order valence-corrected chi connectivity index (χ0v) is 13.7. The third-order valence-electron chi connectivity index (χ3n) is 3.89. The maximum atomic E-state index is 11.8. The molecule has 1 heterocycles. The fourth-order valence-corrected chi connectivity index (χ4v) is 2.52. The van der Waals surface area contributed by atoms with E-state index in [0.717, 1.165) is 24.6 Å². The molecule has 6 nitrogen and oxygen atoms in total. The van der Waals surface area contributed by atoms with Crippen molar-refractivity contribution in [3.63, 3.8) is 0 Å². The van der Waals surface area contributed by atoms with Crippen molar-refractivity contribution >= 4 is 11.9 Å². The van der Waals surface area contributed by atoms with Gasteiger partial charge in [-0.3, -0.25) is 4.79 Å². The largest absolute Gasteiger partial charge is 0.467 e. The SMILES string of the molecule is CN(C)C(=O)CN=C(NC1CCCC1)N(C)Cc1ccco1. The molecule has 0 aromatic carbocycles. The van der Waals surface area contributed by atoms with Crippen LogP contribution in [0.15, 0.2) is 27.8 Å². The summed E-state index contributed by atoms with van der Waals surface area (Å²) in [7, 11) is 5.45. The summed E-state index contributed by atoms with van der Waals surface area (Å²) < 4.78 is 5.39. The Morgan fingerprint density at radius 3 is 2.68 bits per heavy atom. The number of nitrogens with zero attached hydrogens (tertiary/aromatic N) is 3. The lowest BCUT2D eigenvalue weighted by atomic mass is 10.2. The number of carbonyl (C=O) groups excluding carboxylic acids is 1. The van der Waals surface area contributed by atoms with Crippen LogP contribution in [0.4, 0.5) is 0 Å². The van der Waals surface area contributed by atoms with Crippen molar-refractivity contribution in [3.8, 4) is 0 Å². The van der Waals surface area contributed by atoms with Crippen molar-refractivity contribution in [3.05, 3.63) is 24.2 Å². The second kappa shape index (κ2) is 7.87. The van der Waals surface area contributed by atoms with E-state index in [9.17, 15) is 4.79 Å². The van der Waals surface area contributed by atoms with Gasteiger partial charge in [-0.1, -0.05) is 12.8 Å². The van der Waals surface area contributed by atoms with Crippen LogP contribution in [-0.4, -0.2) is 55.4 Å². The molecule has 1 amide bonds. The third-order valence-corrected chi connectivity index (χ3v) is 3.89. The molecular weight excluding hydrogens is 280 g/mol. The Morgan fingerprint density at radius 1 is 1.36 bits per heavy atom. The molecule has 1 saturated carbocycles. The van der Waals surface area contributed by atoms with Gasteiger partial charge in [-0.2, -0.15) is 0 Å². The summed E-state index contributed by atoms with van der Waals surface area (Å²) in [6, 6.07) is 4.27. The Hall–Kier alpha value is -1.98. The van der Waals surface area contributed by atoms with Crippen molar-refractivity contribution in [2.45, 2.75) is 38.3 Å². The summed E-state index contributed by atoms with van der Waals surface area (Å²) in [5, 5.41) is 3.49. The Kier molecular flexibility index (Phi) is 5.86. The number of guanidine groups is 1. The van der Waals surface area contributed by atoms with Crippen molar-refractivity contribution in [2.24, 2.45) is 4.99 Å². The minimum Gasteiger partial charge on any atom is -0.467 e. The minimum atomic E-state index is -0.00267. The zero-order chi connectivity index (χ0) is 15.9. The molecule has 0 atom stereocenters. The standard InChI is InChI=1S/C16H26N4O2/c1-19(2)15(21)11-17-16(18-13-7-4-5-8-13)20(3)12-14-9-6-10-22-14/h6,9-10,13H,4-5,7-8,11-12H2,1-3H3,(H,17,18). The molecule has 0 spiro atoms. The van der Waals surface area contributed by atoms with Crippen LogP contribution in [0, 0.1) is 0 Å². The van der Waals surface area contributed by atoms with Crippen molar-refractivity contribution < 1.29 is 9.21 Å². The molecule has 22 heavy (non-hydrogen) atoms. The molecule has 1 aliphatic carbocycles. The summed E-state index contributed by atoms with van der Waals surface area (Å²) in [5.74, 6) is 1.64. The van der Waals surface area contributed by atoms with E-state index in [2.05, 4.69) is 10.3 Å². The van der Waals surface area contributed by atoms with Crippen LogP contribution in [0.1, 0.15) is 31.4 Å². The van der Waals surface area contributed by atoms with E-state index < -0.39 is 0 Å². The van der Waals surface area contributed by atoms with E-state index >= 15 is 0 Å². The molecule has 1 N–H and O–H groups in total. The molecule has 122 valence electrons. The van der Waals surface area contributed by atoms with Gasteiger partial charge in [0.2, 0.25) is 5.91 Å². The second-order valence-corrected chi connectivity index (χ2v) is 5.99. The van der Waals surface area contributed by atoms with Crippen LogP contribution in [0.2, 0.25) is 0 Å². The molecule has 1 aromatic rings. The number of furan rings is 1. The number of likely N-dealkylation sites (N-methyl/N-ethyl adjacent to an activating group) is 1. The summed E-state index contributed by atoms with van der Waals surface area (Å²) in [5.41, 5.74) is 0. The monoisotopic (exact) mass is 306 g/mol. The normalized spacial score (nSPS) is 15.9. The predicted molar refractivity (Wildman–Crippen MR) is 86.6 cm³/mol. The number of rotatable bonds is 5. The van der Waals surface area contributed by atoms with E-state index in [-0.39, 0.29) is 12.5 Å². The van der Waals surface area contributed by atoms with Gasteiger partial charge >= 0.3 is 0 Å². The van der Waals surface area contributed by atoms with Gasteiger partial charge in [-0.15, -0.1) is 0 Å². The van der Waals surface area contributed by atoms with Gasteiger partial charge in [0.1, 0.15) is 12.3 Å². The van der Waals surface area contributed by atoms with Crippen LogP contribution >= 0.6 is 0 Å². The van der Waals surface area contributed by atoms with Gasteiger partial charge < -0.3 is 19.5 Å². The second-order valence-electron chi connectivity index (χ2n) is 5.99. The molecule has 1 aromatic heterocycles. The smallest absolute Gasteiger partial charge is 0.243 e. The molecule has 0 saturated heterocycles. The zero-order valence-electron chi connectivity index (χ0n) is 13.7. The minimum absolute atomic E-state index is 0.00267. The summed E-state index contributed by atoms with van der Waals surface area (Å²) in [6.07, 6.45) is 6.50. The average molecular weight is 306 g/mol. The van der Waals surface area contributed by atoms with E-state index in [1.54, 1.807) is 25.3 Å². The average Bonchev–Trinajstić information content (AvgIpc) is 3.15. The van der Waals surface area contributed by atoms with Crippen molar-refractivity contribution in [1.82, 2.24) is 15.1 Å². The first-order chi connectivity index (χ1) is 10.6. The number of nitrogens with one attached hydrogen (secondary N) is 1. The first-order valence-electron chi connectivity index (χ1n) is 7.81. The topological polar surface area (TPSA) is 61.1 Å². The Morgan fingerprint density at radius 2 is 2.09 bits per heavy atom. The molecule has 0 aliphatic heterocycles. The lowest BCUT2D eigenvalue weighted by molar-refractivity contribution is -0.127. The van der Waals surface area contributed by atoms with E-state index in [1.807, 2.05) is 24.1 Å². The van der Waals surface area contributed by atoms with E-state index in [0.29, 0.717) is 12.6 Å². The third kappa shape index (κ3) is 4.79. The fraction of sp³-hybridized carbons (Fsp3) is 0.625. The molecule has 6 heteroatoms. The number of amides is 1. The van der Waals surface area contributed by atoms with Crippen molar-refractivity contribution in [2.75, 3.05) is 27.7 Å². The molecular formula is C16H26N4O2. The molecule has 1 fully saturated rings. The fourth-order valence-electron chi connectivity index (χ4n) is 2.52. The Bertz CT molecular complexity index is 490. The van der Waals surface area contributed by atoms with Crippen LogP contribution in [-0.2, 0) is 11.3 Å². The van der Waals surface area contributed by atoms with Crippen LogP contribution < -0.4 is 5.32 Å². The van der Waals surface area contributed by atoms with Gasteiger partial charge in [0, 0.05) is 27.2 Å². The number of carbonyl (C=O) groups is 1. The number of aliphatic imine (C=N–C) groups is 1. The maximum Gasteiger partial charge on any atom is 0.243 e. The molecule has 0 bridgehead atoms. The molecule has 0 radical (unpaired) electrons. The lowest BCUT2D eigenvalue weighted by Gasteiger charge is -2.24. The number of hydrogen-bond acceptors (Lipinski definition) is 3. The molecule has 0 unspecified atom stereocenters. The van der Waals surface area contributed by atoms with Gasteiger partial charge in [0.05, 0.1) is 12.8 Å². The van der Waals surface area contributed by atoms with Crippen molar-refractivity contribution in [1.29, 1.82) is 0 Å². The summed E-state index contributed by atoms with van der Waals surface area (Å²) in [4.78, 5) is 19.8. The van der Waals surface area contributed by atoms with Gasteiger partial charge in [-0.25, -0.2) is 4.99 Å². The van der Waals surface area contributed by atoms with Gasteiger partial charge in [0.25, 0.3) is 0 Å². The summed E-state index contributed by atoms with van der Waals surface area (Å²) >= 11 is 0. The predicted octanol–water partition coefficient (Wildman–Crippen LogP) is 1.69. The summed E-state index contributed by atoms with van der Waals surface area (Å²) in [6.45, 7) is 0.784. The Balaban J connectivity index is 2.01. The Labute approximate surface area is 132 Å². The molecule has 1 aliphatic rings. The first-order valence-corrected chi connectivity index (χ1v) is 7.81. The van der Waals surface area contributed by atoms with Gasteiger partial charge in [0.15, 0.2) is 5.96 Å². The highest BCUT2D eigenvalue weighted by molar-refractivity contribution is 5.84. The van der Waals surface area contributed by atoms with Crippen LogP contribution in [0.3, 0.4) is 0 Å². The highest BCUT2D eigenvalue weighted by atomic mass is 16.3. The van der Waals surface area contributed by atoms with Gasteiger partial charge in [-0.05, 0) is 25.0 Å². The first kappa shape index (κ1) is 16.4. The van der Waals surface area contributed by atoms with E-state index in [1.165, 1.54) is 12.8 Å². The van der Waals surface area contributed by atoms with Crippen LogP contribution in [0.25, 0.3) is 0 Å². The molecule has 2 rings (SSSR count). The lowest BCUT2D eigenvalue weighted by Crippen LogP contribution is -2.43. The highest BCUT2D eigenvalue weighted by Crippen LogP contribution is 2.18. The quantitative estimate of drug-likeness (QED) is 0.664.